The van der Waals surface area contributed by atoms with E-state index < -0.39 is 10.0 Å². The Bertz CT molecular complexity index is 905. The molecular weight excluding hydrogens is 448 g/mol. The lowest BCUT2D eigenvalue weighted by Crippen LogP contribution is -2.35. The number of halogens is 1. The summed E-state index contributed by atoms with van der Waals surface area (Å²) in [6.45, 7) is 3.09. The first-order valence-electron chi connectivity index (χ1n) is 9.00. The van der Waals surface area contributed by atoms with Crippen molar-refractivity contribution < 1.29 is 13.2 Å². The molecule has 27 heavy (non-hydrogen) atoms. The number of sulfonamides is 1. The van der Waals surface area contributed by atoms with Gasteiger partial charge in [-0.25, -0.2) is 8.42 Å². The molecule has 1 amide bonds. The molecule has 1 aromatic heterocycles. The molecule has 146 valence electrons. The summed E-state index contributed by atoms with van der Waals surface area (Å²) in [6.07, 6.45) is 3.08. The highest BCUT2D eigenvalue weighted by atomic mass is 79.9. The monoisotopic (exact) mass is 470 g/mol. The molecule has 0 radical (unpaired) electrons. The van der Waals surface area contributed by atoms with Crippen LogP contribution in [0, 0.1) is 0 Å². The number of hydrogen-bond donors (Lipinski definition) is 1. The number of rotatable bonds is 6. The molecule has 5 nitrogen and oxygen atoms in total. The van der Waals surface area contributed by atoms with Crippen molar-refractivity contribution in [2.45, 2.75) is 42.9 Å². The molecule has 1 atom stereocenters. The summed E-state index contributed by atoms with van der Waals surface area (Å²) in [4.78, 5) is 13.1. The van der Waals surface area contributed by atoms with E-state index >= 15 is 0 Å². The number of amides is 1. The van der Waals surface area contributed by atoms with Gasteiger partial charge in [0.15, 0.2) is 0 Å². The van der Waals surface area contributed by atoms with Crippen LogP contribution in [-0.4, -0.2) is 31.7 Å². The van der Waals surface area contributed by atoms with Gasteiger partial charge in [-0.3, -0.25) is 4.79 Å². The maximum Gasteiger partial charge on any atom is 0.252 e. The summed E-state index contributed by atoms with van der Waals surface area (Å²) < 4.78 is 28.3. The fourth-order valence-electron chi connectivity index (χ4n) is 3.18. The summed E-state index contributed by atoms with van der Waals surface area (Å²) in [6, 6.07) is 11.0. The van der Waals surface area contributed by atoms with E-state index in [9.17, 15) is 13.2 Å². The largest absolute Gasteiger partial charge is 0.349 e. The number of carbonyl (C=O) groups excluding carboxylic acids is 1. The van der Waals surface area contributed by atoms with Crippen LogP contribution in [0.4, 0.5) is 0 Å². The van der Waals surface area contributed by atoms with E-state index in [4.69, 9.17) is 0 Å². The maximum absolute atomic E-state index is 12.7. The highest BCUT2D eigenvalue weighted by Gasteiger charge is 2.27. The van der Waals surface area contributed by atoms with Crippen molar-refractivity contribution in [3.63, 3.8) is 0 Å². The van der Waals surface area contributed by atoms with Gasteiger partial charge >= 0.3 is 0 Å². The molecule has 2 aromatic rings. The topological polar surface area (TPSA) is 66.5 Å². The minimum absolute atomic E-state index is 0.123. The highest BCUT2D eigenvalue weighted by molar-refractivity contribution is 9.10. The van der Waals surface area contributed by atoms with Crippen LogP contribution in [0.5, 0.6) is 0 Å². The maximum atomic E-state index is 12.7. The third-order valence-electron chi connectivity index (χ3n) is 4.63. The molecule has 0 bridgehead atoms. The molecular formula is C19H23BrN2O3S2. The summed E-state index contributed by atoms with van der Waals surface area (Å²) >= 11 is 4.68. The fraction of sp³-hybridized carbons (Fsp3) is 0.421. The molecule has 0 spiro atoms. The van der Waals surface area contributed by atoms with E-state index in [1.165, 1.54) is 11.3 Å². The summed E-state index contributed by atoms with van der Waals surface area (Å²) in [7, 11) is -3.43. The minimum Gasteiger partial charge on any atom is -0.349 e. The SMILES string of the molecule is CC(NC(=O)Cc1ccc(S(=O)(=O)N2CCCCC2)s1)c1ccccc1Br. The molecule has 8 heteroatoms. The van der Waals surface area contributed by atoms with E-state index in [2.05, 4.69) is 21.2 Å². The van der Waals surface area contributed by atoms with Crippen LogP contribution in [-0.2, 0) is 21.2 Å². The first kappa shape index (κ1) is 20.5. The average molecular weight is 471 g/mol. The molecule has 1 aliphatic heterocycles. The molecule has 0 aliphatic carbocycles. The predicted molar refractivity (Wildman–Crippen MR) is 111 cm³/mol. The van der Waals surface area contributed by atoms with Crippen molar-refractivity contribution >= 4 is 43.2 Å². The minimum atomic E-state index is -3.43. The predicted octanol–water partition coefficient (Wildman–Crippen LogP) is 4.11. The normalized spacial score (nSPS) is 16.8. The summed E-state index contributed by atoms with van der Waals surface area (Å²) in [5.74, 6) is -0.123. The van der Waals surface area contributed by atoms with Gasteiger partial charge in [0.25, 0.3) is 10.0 Å². The van der Waals surface area contributed by atoms with Crippen LogP contribution in [0.1, 0.15) is 42.7 Å². The Hall–Kier alpha value is -1.22. The molecule has 1 fully saturated rings. The second-order valence-corrected chi connectivity index (χ2v) is 10.9. The number of carbonyl (C=O) groups is 1. The average Bonchev–Trinajstić information content (AvgIpc) is 3.12. The Morgan fingerprint density at radius 3 is 2.59 bits per heavy atom. The lowest BCUT2D eigenvalue weighted by molar-refractivity contribution is -0.121. The quantitative estimate of drug-likeness (QED) is 0.690. The summed E-state index contributed by atoms with van der Waals surface area (Å²) in [5.41, 5.74) is 1.00. The van der Waals surface area contributed by atoms with Crippen LogP contribution in [0.2, 0.25) is 0 Å². The third kappa shape index (κ3) is 4.99. The third-order valence-corrected chi connectivity index (χ3v) is 8.80. The summed E-state index contributed by atoms with van der Waals surface area (Å²) in [5, 5.41) is 2.97. The van der Waals surface area contributed by atoms with E-state index in [-0.39, 0.29) is 18.4 Å². The van der Waals surface area contributed by atoms with Gasteiger partial charge in [0.05, 0.1) is 12.5 Å². The first-order valence-corrected chi connectivity index (χ1v) is 12.1. The number of nitrogens with zero attached hydrogens (tertiary/aromatic N) is 1. The lowest BCUT2D eigenvalue weighted by atomic mass is 10.1. The van der Waals surface area contributed by atoms with Crippen LogP contribution in [0.15, 0.2) is 45.1 Å². The van der Waals surface area contributed by atoms with Gasteiger partial charge in [0.1, 0.15) is 4.21 Å². The highest BCUT2D eigenvalue weighted by Crippen LogP contribution is 2.28. The zero-order chi connectivity index (χ0) is 19.4. The number of thiophene rings is 1. The number of hydrogen-bond acceptors (Lipinski definition) is 4. The molecule has 1 unspecified atom stereocenters. The van der Waals surface area contributed by atoms with E-state index in [1.807, 2.05) is 31.2 Å². The smallest absolute Gasteiger partial charge is 0.252 e. The van der Waals surface area contributed by atoms with Gasteiger partial charge in [-0.2, -0.15) is 4.31 Å². The van der Waals surface area contributed by atoms with Crippen LogP contribution in [0.3, 0.4) is 0 Å². The Morgan fingerprint density at radius 1 is 1.19 bits per heavy atom. The molecule has 2 heterocycles. The van der Waals surface area contributed by atoms with Crippen molar-refractivity contribution in [2.24, 2.45) is 0 Å². The van der Waals surface area contributed by atoms with Crippen LogP contribution in [0.25, 0.3) is 0 Å². The van der Waals surface area contributed by atoms with E-state index in [0.717, 1.165) is 34.2 Å². The molecule has 1 aliphatic rings. The fourth-order valence-corrected chi connectivity index (χ4v) is 6.83. The van der Waals surface area contributed by atoms with E-state index in [1.54, 1.807) is 16.4 Å². The Balaban J connectivity index is 1.63. The zero-order valence-electron chi connectivity index (χ0n) is 15.2. The molecule has 3 rings (SSSR count). The molecule has 1 N–H and O–H groups in total. The Morgan fingerprint density at radius 2 is 1.89 bits per heavy atom. The van der Waals surface area contributed by atoms with Crippen LogP contribution < -0.4 is 5.32 Å². The van der Waals surface area contributed by atoms with Gasteiger partial charge in [0.2, 0.25) is 5.91 Å². The number of piperidine rings is 1. The Kier molecular flexibility index (Phi) is 6.73. The van der Waals surface area contributed by atoms with Crippen molar-refractivity contribution in [1.82, 2.24) is 9.62 Å². The van der Waals surface area contributed by atoms with E-state index in [0.29, 0.717) is 17.3 Å². The second kappa shape index (κ2) is 8.86. The lowest BCUT2D eigenvalue weighted by Gasteiger charge is -2.25. The van der Waals surface area contributed by atoms with Crippen molar-refractivity contribution in [2.75, 3.05) is 13.1 Å². The molecule has 1 aromatic carbocycles. The van der Waals surface area contributed by atoms with Crippen molar-refractivity contribution in [3.05, 3.63) is 51.3 Å². The standard InChI is InChI=1S/C19H23BrN2O3S2/c1-14(16-7-3-4-8-17(16)20)21-18(23)13-15-9-10-19(26-15)27(24,25)22-11-5-2-6-12-22/h3-4,7-10,14H,2,5-6,11-13H2,1H3,(H,21,23). The number of benzene rings is 1. The van der Waals surface area contributed by atoms with Crippen molar-refractivity contribution in [1.29, 1.82) is 0 Å². The molecule has 0 saturated carbocycles. The van der Waals surface area contributed by atoms with Crippen LogP contribution >= 0.6 is 27.3 Å². The van der Waals surface area contributed by atoms with Gasteiger partial charge in [-0.05, 0) is 43.5 Å². The zero-order valence-corrected chi connectivity index (χ0v) is 18.4. The van der Waals surface area contributed by atoms with Gasteiger partial charge in [-0.1, -0.05) is 40.5 Å². The van der Waals surface area contributed by atoms with Gasteiger partial charge < -0.3 is 5.32 Å². The van der Waals surface area contributed by atoms with Gasteiger partial charge in [-0.15, -0.1) is 11.3 Å². The second-order valence-electron chi connectivity index (χ2n) is 6.67. The molecule has 1 saturated heterocycles. The Labute approximate surface area is 173 Å². The van der Waals surface area contributed by atoms with Gasteiger partial charge in [0, 0.05) is 22.4 Å². The van der Waals surface area contributed by atoms with Crippen molar-refractivity contribution in [3.8, 4) is 0 Å². The first-order chi connectivity index (χ1) is 12.9. The number of nitrogens with one attached hydrogen (secondary N) is 1.